The molecule has 2 N–H and O–H groups in total. The SMILES string of the molecule is CC(C)S(=O)(=O)Nc1ccc(CNc2ccc(N3C[C@@H](C)O[C@@H](C)C3)cc2)cc1. The molecule has 0 bridgehead atoms. The third-order valence-electron chi connectivity index (χ3n) is 4.98. The molecule has 0 amide bonds. The molecule has 2 atom stereocenters. The van der Waals surface area contributed by atoms with Crippen LogP contribution in [0.5, 0.6) is 0 Å². The summed E-state index contributed by atoms with van der Waals surface area (Å²) in [6.07, 6.45) is 0.481. The van der Waals surface area contributed by atoms with Crippen LogP contribution in [0.25, 0.3) is 0 Å². The first kappa shape index (κ1) is 21.5. The molecule has 1 saturated heterocycles. The quantitative estimate of drug-likeness (QED) is 0.711. The molecule has 0 radical (unpaired) electrons. The van der Waals surface area contributed by atoms with Crippen molar-refractivity contribution in [2.45, 2.75) is 51.7 Å². The normalized spacial score (nSPS) is 20.0. The van der Waals surface area contributed by atoms with Gasteiger partial charge in [-0.25, -0.2) is 8.42 Å². The highest BCUT2D eigenvalue weighted by Crippen LogP contribution is 2.23. The van der Waals surface area contributed by atoms with Crippen molar-refractivity contribution in [3.63, 3.8) is 0 Å². The summed E-state index contributed by atoms with van der Waals surface area (Å²) in [4.78, 5) is 2.36. The maximum absolute atomic E-state index is 11.9. The van der Waals surface area contributed by atoms with Crippen molar-refractivity contribution < 1.29 is 13.2 Å². The molecule has 29 heavy (non-hydrogen) atoms. The number of nitrogens with zero attached hydrogens (tertiary/aromatic N) is 1. The van der Waals surface area contributed by atoms with E-state index in [0.29, 0.717) is 12.2 Å². The number of anilines is 3. The second-order valence-electron chi connectivity index (χ2n) is 7.96. The Morgan fingerprint density at radius 3 is 2.07 bits per heavy atom. The molecule has 2 aromatic rings. The van der Waals surface area contributed by atoms with Gasteiger partial charge in [0, 0.05) is 36.7 Å². The molecular formula is C22H31N3O3S. The van der Waals surface area contributed by atoms with Crippen molar-refractivity contribution >= 4 is 27.1 Å². The molecule has 158 valence electrons. The van der Waals surface area contributed by atoms with Gasteiger partial charge in [0.15, 0.2) is 0 Å². The third-order valence-corrected chi connectivity index (χ3v) is 6.74. The molecule has 2 aromatic carbocycles. The lowest BCUT2D eigenvalue weighted by Crippen LogP contribution is -2.45. The van der Waals surface area contributed by atoms with E-state index in [4.69, 9.17) is 4.74 Å². The van der Waals surface area contributed by atoms with E-state index in [1.165, 1.54) is 5.69 Å². The van der Waals surface area contributed by atoms with Gasteiger partial charge in [0.1, 0.15) is 0 Å². The van der Waals surface area contributed by atoms with Gasteiger partial charge in [-0.1, -0.05) is 12.1 Å². The maximum Gasteiger partial charge on any atom is 0.235 e. The number of nitrogens with one attached hydrogen (secondary N) is 2. The standard InChI is InChI=1S/C22H31N3O3S/c1-16(2)29(26,27)24-21-7-5-19(6-8-21)13-23-20-9-11-22(12-10-20)25-14-17(3)28-18(4)15-25/h5-12,16-18,23-24H,13-15H2,1-4H3/t17-,18+. The average molecular weight is 418 g/mol. The summed E-state index contributed by atoms with van der Waals surface area (Å²) in [7, 11) is -3.32. The minimum absolute atomic E-state index is 0.240. The van der Waals surface area contributed by atoms with Gasteiger partial charge < -0.3 is 15.0 Å². The molecule has 1 heterocycles. The summed E-state index contributed by atoms with van der Waals surface area (Å²) in [5.41, 5.74) is 3.92. The van der Waals surface area contributed by atoms with E-state index in [2.05, 4.69) is 53.1 Å². The second kappa shape index (κ2) is 9.05. The molecule has 6 nitrogen and oxygen atoms in total. The molecular weight excluding hydrogens is 386 g/mol. The van der Waals surface area contributed by atoms with Crippen LogP contribution in [-0.2, 0) is 21.3 Å². The van der Waals surface area contributed by atoms with E-state index in [1.54, 1.807) is 26.0 Å². The summed E-state index contributed by atoms with van der Waals surface area (Å²) in [5.74, 6) is 0. The highest BCUT2D eigenvalue weighted by molar-refractivity contribution is 7.93. The van der Waals surface area contributed by atoms with E-state index in [0.717, 1.165) is 24.3 Å². The minimum Gasteiger partial charge on any atom is -0.381 e. The van der Waals surface area contributed by atoms with Crippen molar-refractivity contribution in [3.05, 3.63) is 54.1 Å². The first-order chi connectivity index (χ1) is 13.7. The summed E-state index contributed by atoms with van der Waals surface area (Å²) >= 11 is 0. The Balaban J connectivity index is 1.55. The molecule has 1 aliphatic heterocycles. The van der Waals surface area contributed by atoms with E-state index in [1.807, 2.05) is 12.1 Å². The fourth-order valence-corrected chi connectivity index (χ4v) is 4.06. The summed E-state index contributed by atoms with van der Waals surface area (Å²) in [5, 5.41) is 2.95. The van der Waals surface area contributed by atoms with Crippen LogP contribution >= 0.6 is 0 Å². The Morgan fingerprint density at radius 1 is 0.966 bits per heavy atom. The Hall–Kier alpha value is -2.25. The zero-order chi connectivity index (χ0) is 21.0. The molecule has 3 rings (SSSR count). The fourth-order valence-electron chi connectivity index (χ4n) is 3.36. The molecule has 0 spiro atoms. The largest absolute Gasteiger partial charge is 0.381 e. The van der Waals surface area contributed by atoms with Crippen LogP contribution in [0.4, 0.5) is 17.1 Å². The molecule has 7 heteroatoms. The lowest BCUT2D eigenvalue weighted by molar-refractivity contribution is -0.00521. The smallest absolute Gasteiger partial charge is 0.235 e. The van der Waals surface area contributed by atoms with E-state index < -0.39 is 15.3 Å². The van der Waals surface area contributed by atoms with Gasteiger partial charge in [-0.05, 0) is 69.7 Å². The van der Waals surface area contributed by atoms with E-state index in [-0.39, 0.29) is 12.2 Å². The first-order valence-corrected chi connectivity index (χ1v) is 11.6. The third kappa shape index (κ3) is 5.87. The van der Waals surface area contributed by atoms with Crippen molar-refractivity contribution in [3.8, 4) is 0 Å². The van der Waals surface area contributed by atoms with Gasteiger partial charge in [0.2, 0.25) is 10.0 Å². The van der Waals surface area contributed by atoms with E-state index in [9.17, 15) is 8.42 Å². The van der Waals surface area contributed by atoms with Gasteiger partial charge in [-0.2, -0.15) is 0 Å². The van der Waals surface area contributed by atoms with Crippen molar-refractivity contribution in [1.82, 2.24) is 0 Å². The average Bonchev–Trinajstić information content (AvgIpc) is 2.67. The Labute approximate surface area is 174 Å². The van der Waals surface area contributed by atoms with Gasteiger partial charge in [-0.3, -0.25) is 4.72 Å². The number of rotatable bonds is 7. The monoisotopic (exact) mass is 417 g/mol. The van der Waals surface area contributed by atoms with Crippen LogP contribution < -0.4 is 14.9 Å². The van der Waals surface area contributed by atoms with E-state index >= 15 is 0 Å². The number of ether oxygens (including phenoxy) is 1. The van der Waals surface area contributed by atoms with Crippen LogP contribution in [0.2, 0.25) is 0 Å². The Morgan fingerprint density at radius 2 is 1.52 bits per heavy atom. The van der Waals surface area contributed by atoms with Gasteiger partial charge in [0.05, 0.1) is 17.5 Å². The van der Waals surface area contributed by atoms with Crippen molar-refractivity contribution in [2.24, 2.45) is 0 Å². The maximum atomic E-state index is 11.9. The highest BCUT2D eigenvalue weighted by Gasteiger charge is 2.22. The molecule has 0 aliphatic carbocycles. The van der Waals surface area contributed by atoms with Crippen LogP contribution in [0.3, 0.4) is 0 Å². The predicted molar refractivity (Wildman–Crippen MR) is 120 cm³/mol. The number of sulfonamides is 1. The number of hydrogen-bond acceptors (Lipinski definition) is 5. The molecule has 0 saturated carbocycles. The van der Waals surface area contributed by atoms with Crippen LogP contribution in [-0.4, -0.2) is 39.0 Å². The van der Waals surface area contributed by atoms with Gasteiger partial charge in [0.25, 0.3) is 0 Å². The van der Waals surface area contributed by atoms with Crippen LogP contribution in [0.15, 0.2) is 48.5 Å². The zero-order valence-electron chi connectivity index (χ0n) is 17.6. The topological polar surface area (TPSA) is 70.7 Å². The molecule has 0 unspecified atom stereocenters. The van der Waals surface area contributed by atoms with Crippen molar-refractivity contribution in [1.29, 1.82) is 0 Å². The van der Waals surface area contributed by atoms with Crippen LogP contribution in [0, 0.1) is 0 Å². The summed E-state index contributed by atoms with van der Waals surface area (Å²) in [6, 6.07) is 15.9. The molecule has 1 fully saturated rings. The lowest BCUT2D eigenvalue weighted by Gasteiger charge is -2.36. The molecule has 0 aromatic heterocycles. The first-order valence-electron chi connectivity index (χ1n) is 10.1. The number of morpholine rings is 1. The second-order valence-corrected chi connectivity index (χ2v) is 10.2. The number of benzene rings is 2. The van der Waals surface area contributed by atoms with Crippen molar-refractivity contribution in [2.75, 3.05) is 28.0 Å². The predicted octanol–water partition coefficient (Wildman–Crippen LogP) is 4.06. The van der Waals surface area contributed by atoms with Crippen LogP contribution in [0.1, 0.15) is 33.3 Å². The Bertz CT molecular complexity index is 886. The lowest BCUT2D eigenvalue weighted by atomic mass is 10.1. The number of hydrogen-bond donors (Lipinski definition) is 2. The summed E-state index contributed by atoms with van der Waals surface area (Å²) < 4.78 is 32.3. The van der Waals surface area contributed by atoms with Gasteiger partial charge in [-0.15, -0.1) is 0 Å². The highest BCUT2D eigenvalue weighted by atomic mass is 32.2. The Kier molecular flexibility index (Phi) is 6.70. The van der Waals surface area contributed by atoms with Gasteiger partial charge >= 0.3 is 0 Å². The summed E-state index contributed by atoms with van der Waals surface area (Å²) in [6.45, 7) is 10.0. The fraction of sp³-hybridized carbons (Fsp3) is 0.455. The minimum atomic E-state index is -3.32. The zero-order valence-corrected chi connectivity index (χ0v) is 18.4. The molecule has 1 aliphatic rings.